The average molecular weight is 926 g/mol. The Hall–Kier alpha value is -6.48. The minimum atomic E-state index is -3.01. The van der Waals surface area contributed by atoms with E-state index < -0.39 is 144 Å². The Morgan fingerprint density at radius 1 is 0.727 bits per heavy atom. The van der Waals surface area contributed by atoms with Crippen molar-refractivity contribution in [1.29, 1.82) is 0 Å². The van der Waals surface area contributed by atoms with Gasteiger partial charge in [-0.05, 0) is 51.5 Å². The molecule has 2 saturated carbocycles. The van der Waals surface area contributed by atoms with Crippen molar-refractivity contribution in [3.63, 3.8) is 0 Å². The van der Waals surface area contributed by atoms with Gasteiger partial charge >= 0.3 is 53.7 Å². The molecule has 2 aliphatic heterocycles. The van der Waals surface area contributed by atoms with E-state index in [4.69, 9.17) is 47.4 Å². The van der Waals surface area contributed by atoms with Gasteiger partial charge in [0, 0.05) is 54.2 Å². The van der Waals surface area contributed by atoms with Crippen LogP contribution in [0, 0.1) is 11.3 Å². The number of benzene rings is 1. The van der Waals surface area contributed by atoms with Gasteiger partial charge in [-0.3, -0.25) is 33.8 Å². The minimum Gasteiger partial charge on any atom is -0.465 e. The summed E-state index contributed by atoms with van der Waals surface area (Å²) in [5.41, 5.74) is -13.2. The molecule has 4 bridgehead atoms. The van der Waals surface area contributed by atoms with Gasteiger partial charge in [0.25, 0.3) is 0 Å². The Kier molecular flexibility index (Phi) is 13.4. The SMILES string of the molecule is CC(=O)OC[C@]12[C@H](OC(C)=O)[C@@H](OC(C)=O)[C@@H]3[C@H](OC(C)=O)[C@@]14O[C@]3(C)COC(=O)c1cccnc1CC[C@@](C)(OC(=O)c1ccccc1)C(=O)O[C@H]([C@H](OC(C)=O)[C@@H]2OC(C)=O)[C@]4(C)O. The van der Waals surface area contributed by atoms with E-state index in [9.17, 15) is 43.5 Å². The number of cyclic esters (lactones) is 1. The first kappa shape index (κ1) is 49.0. The monoisotopic (exact) mass is 925 g/mol. The van der Waals surface area contributed by atoms with E-state index in [1.165, 1.54) is 44.3 Å². The van der Waals surface area contributed by atoms with Gasteiger partial charge in [-0.2, -0.15) is 0 Å². The van der Waals surface area contributed by atoms with Crippen molar-refractivity contribution in [3.8, 4) is 0 Å². The normalized spacial score (nSPS) is 34.6. The van der Waals surface area contributed by atoms with Gasteiger partial charge in [-0.1, -0.05) is 18.2 Å². The molecule has 66 heavy (non-hydrogen) atoms. The molecule has 1 N–H and O–H groups in total. The number of rotatable bonds is 9. The lowest BCUT2D eigenvalue weighted by Crippen LogP contribution is -2.89. The first-order valence-electron chi connectivity index (χ1n) is 20.9. The van der Waals surface area contributed by atoms with E-state index in [1.54, 1.807) is 18.2 Å². The van der Waals surface area contributed by atoms with Crippen LogP contribution >= 0.6 is 0 Å². The van der Waals surface area contributed by atoms with E-state index in [0.717, 1.165) is 48.5 Å². The number of nitrogens with zero attached hydrogens (tertiary/aromatic N) is 1. The fourth-order valence-corrected chi connectivity index (χ4v) is 10.1. The number of esters is 9. The first-order valence-corrected chi connectivity index (χ1v) is 20.9. The van der Waals surface area contributed by atoms with Crippen LogP contribution in [-0.4, -0.2) is 136 Å². The number of carbonyl (C=O) groups is 9. The van der Waals surface area contributed by atoms with Gasteiger partial charge in [0.2, 0.25) is 5.60 Å². The van der Waals surface area contributed by atoms with Gasteiger partial charge in [-0.25, -0.2) is 14.4 Å². The van der Waals surface area contributed by atoms with E-state index in [0.29, 0.717) is 0 Å². The molecule has 1 aromatic carbocycles. The third-order valence-electron chi connectivity index (χ3n) is 12.5. The summed E-state index contributed by atoms with van der Waals surface area (Å²) in [5, 5.41) is 13.7. The molecular weight excluding hydrogens is 874 g/mol. The molecule has 1 aromatic heterocycles. The zero-order valence-electron chi connectivity index (χ0n) is 37.6. The molecule has 3 fully saturated rings. The number of aromatic nitrogens is 1. The second-order valence-corrected chi connectivity index (χ2v) is 17.3. The summed E-state index contributed by atoms with van der Waals surface area (Å²) >= 11 is 0. The van der Waals surface area contributed by atoms with Crippen molar-refractivity contribution >= 4 is 53.7 Å². The molecule has 21 nitrogen and oxygen atoms in total. The van der Waals surface area contributed by atoms with Crippen LogP contribution < -0.4 is 0 Å². The fourth-order valence-electron chi connectivity index (χ4n) is 10.1. The number of pyridine rings is 1. The number of carbonyl (C=O) groups excluding carboxylic acids is 9. The molecule has 6 rings (SSSR count). The second-order valence-electron chi connectivity index (χ2n) is 17.3. The summed E-state index contributed by atoms with van der Waals surface area (Å²) in [6.07, 6.45) is -12.1. The van der Waals surface area contributed by atoms with Gasteiger partial charge < -0.3 is 52.5 Å². The smallest absolute Gasteiger partial charge is 0.350 e. The molecule has 0 amide bonds. The van der Waals surface area contributed by atoms with Crippen LogP contribution in [0.15, 0.2) is 48.7 Å². The van der Waals surface area contributed by atoms with Gasteiger partial charge in [0.1, 0.15) is 42.0 Å². The zero-order valence-corrected chi connectivity index (χ0v) is 37.6. The molecule has 2 aliphatic carbocycles. The largest absolute Gasteiger partial charge is 0.465 e. The maximum Gasteiger partial charge on any atom is 0.350 e. The van der Waals surface area contributed by atoms with Gasteiger partial charge in [0.15, 0.2) is 30.0 Å². The van der Waals surface area contributed by atoms with Gasteiger partial charge in [0.05, 0.1) is 22.7 Å². The predicted molar refractivity (Wildman–Crippen MR) is 216 cm³/mol. The highest BCUT2D eigenvalue weighted by Gasteiger charge is 2.92. The zero-order chi connectivity index (χ0) is 48.7. The lowest BCUT2D eigenvalue weighted by molar-refractivity contribution is -0.387. The van der Waals surface area contributed by atoms with Crippen molar-refractivity contribution in [3.05, 3.63) is 65.5 Å². The molecule has 1 spiro atoms. The summed E-state index contributed by atoms with van der Waals surface area (Å²) in [4.78, 5) is 127. The first-order chi connectivity index (χ1) is 30.8. The summed E-state index contributed by atoms with van der Waals surface area (Å²) in [6, 6.07) is 10.4. The van der Waals surface area contributed by atoms with Crippen LogP contribution in [0.25, 0.3) is 0 Å². The Morgan fingerprint density at radius 3 is 1.86 bits per heavy atom. The Morgan fingerprint density at radius 2 is 1.29 bits per heavy atom. The van der Waals surface area contributed by atoms with Crippen LogP contribution in [-0.2, 0) is 87.4 Å². The van der Waals surface area contributed by atoms with Crippen molar-refractivity contribution < 1.29 is 95.6 Å². The summed E-state index contributed by atoms with van der Waals surface area (Å²) in [6.45, 7) is 7.32. The lowest BCUT2D eigenvalue weighted by atomic mass is 9.45. The maximum absolute atomic E-state index is 15.1. The minimum absolute atomic E-state index is 0.00555. The highest BCUT2D eigenvalue weighted by atomic mass is 16.7. The molecule has 0 unspecified atom stereocenters. The van der Waals surface area contributed by atoms with E-state index in [2.05, 4.69) is 4.98 Å². The molecular formula is C45H51NO20. The molecule has 4 aliphatic rings. The molecule has 21 heteroatoms. The molecule has 2 aromatic rings. The average Bonchev–Trinajstić information content (AvgIpc) is 3.44. The van der Waals surface area contributed by atoms with Crippen molar-refractivity contribution in [2.24, 2.45) is 11.3 Å². The Balaban J connectivity index is 1.76. The maximum atomic E-state index is 15.1. The molecule has 12 atom stereocenters. The number of ether oxygens (including phenoxy) is 10. The van der Waals surface area contributed by atoms with E-state index >= 15 is 4.79 Å². The van der Waals surface area contributed by atoms with Crippen LogP contribution in [0.3, 0.4) is 0 Å². The second kappa shape index (κ2) is 18.1. The molecule has 0 radical (unpaired) electrons. The highest BCUT2D eigenvalue weighted by Crippen LogP contribution is 2.70. The Labute approximate surface area is 377 Å². The Bertz CT molecular complexity index is 2310. The number of aryl methyl sites for hydroxylation is 1. The topological polar surface area (TPSA) is 279 Å². The number of fused-ring (bicyclic) bond motifs is 5. The molecule has 3 heterocycles. The highest BCUT2D eigenvalue weighted by molar-refractivity contribution is 5.93. The predicted octanol–water partition coefficient (Wildman–Crippen LogP) is 1.84. The number of hydrogen-bond acceptors (Lipinski definition) is 21. The number of aliphatic hydroxyl groups is 1. The van der Waals surface area contributed by atoms with Crippen LogP contribution in [0.5, 0.6) is 0 Å². The third-order valence-corrected chi connectivity index (χ3v) is 12.5. The van der Waals surface area contributed by atoms with Crippen LogP contribution in [0.4, 0.5) is 0 Å². The molecule has 1 saturated heterocycles. The summed E-state index contributed by atoms with van der Waals surface area (Å²) in [5.74, 6) is -11.6. The van der Waals surface area contributed by atoms with Crippen molar-refractivity contribution in [1.82, 2.24) is 4.98 Å². The van der Waals surface area contributed by atoms with Crippen LogP contribution in [0.2, 0.25) is 0 Å². The number of hydrogen-bond donors (Lipinski definition) is 1. The van der Waals surface area contributed by atoms with Gasteiger partial charge in [-0.15, -0.1) is 0 Å². The summed E-state index contributed by atoms with van der Waals surface area (Å²) in [7, 11) is 0. The van der Waals surface area contributed by atoms with E-state index in [-0.39, 0.29) is 23.2 Å². The lowest BCUT2D eigenvalue weighted by Gasteiger charge is -2.67. The van der Waals surface area contributed by atoms with E-state index in [1.807, 2.05) is 0 Å². The van der Waals surface area contributed by atoms with Crippen molar-refractivity contribution in [2.45, 2.75) is 134 Å². The van der Waals surface area contributed by atoms with Crippen LogP contribution in [0.1, 0.15) is 95.1 Å². The third kappa shape index (κ3) is 8.44. The molecule has 356 valence electrons. The quantitative estimate of drug-likeness (QED) is 0.277. The summed E-state index contributed by atoms with van der Waals surface area (Å²) < 4.78 is 60.7. The fraction of sp³-hybridized carbons (Fsp3) is 0.556. The van der Waals surface area contributed by atoms with Crippen molar-refractivity contribution in [2.75, 3.05) is 13.2 Å². The standard InChI is InChI=1S/C45H51NO20/c1-22(47)57-21-44-36(62-26(5)51)32(59-23(2)48)31-34(61-25(4)50)45(44)43(9,56)35(33(60-24(3)49)37(44)63-27(6)52)64-40(55)41(7,65-38(53)28-14-11-10-12-15-28)18-17-30-29(16-13-19-46-30)39(54)58-20-42(31,8)66-45/h10-16,19,31-37,56H,17-18,20-21H2,1-9H3/t31-,32+,33+,34+,35-,36-,37+,41-,42-,43+,44-,45+/m1/s1.